The molecule has 2 N–H and O–H groups in total. The van der Waals surface area contributed by atoms with Gasteiger partial charge >= 0.3 is 5.97 Å². The molecule has 1 heterocycles. The minimum atomic E-state index is -0.803. The molecule has 1 unspecified atom stereocenters. The summed E-state index contributed by atoms with van der Waals surface area (Å²) in [6.45, 7) is 2.45. The molecule has 1 aromatic rings. The zero-order chi connectivity index (χ0) is 15.0. The van der Waals surface area contributed by atoms with E-state index >= 15 is 0 Å². The second-order valence-electron chi connectivity index (χ2n) is 4.61. The molecule has 0 spiro atoms. The SMILES string of the molecule is CCC(CCNC(=O)c1ccc(F)cn1)CCC(=O)O. The number of carbonyl (C=O) groups excluding carboxylic acids is 1. The molecule has 5 nitrogen and oxygen atoms in total. The maximum absolute atomic E-state index is 12.7. The fraction of sp³-hybridized carbons (Fsp3) is 0.500. The minimum Gasteiger partial charge on any atom is -0.481 e. The number of rotatable bonds is 8. The lowest BCUT2D eigenvalue weighted by Crippen LogP contribution is -2.26. The average molecular weight is 282 g/mol. The number of hydrogen-bond donors (Lipinski definition) is 2. The number of hydrogen-bond acceptors (Lipinski definition) is 3. The topological polar surface area (TPSA) is 79.3 Å². The molecule has 0 aromatic carbocycles. The van der Waals surface area contributed by atoms with Gasteiger partial charge in [0.1, 0.15) is 11.5 Å². The van der Waals surface area contributed by atoms with Crippen molar-refractivity contribution in [3.63, 3.8) is 0 Å². The Kier molecular flexibility index (Phi) is 6.63. The third kappa shape index (κ3) is 5.77. The second kappa shape index (κ2) is 8.24. The third-order valence-corrected chi connectivity index (χ3v) is 3.14. The highest BCUT2D eigenvalue weighted by atomic mass is 19.1. The Morgan fingerprint density at radius 2 is 2.15 bits per heavy atom. The van der Waals surface area contributed by atoms with Crippen LogP contribution in [0.25, 0.3) is 0 Å². The van der Waals surface area contributed by atoms with Crippen molar-refractivity contribution >= 4 is 11.9 Å². The Morgan fingerprint density at radius 3 is 2.70 bits per heavy atom. The molecular formula is C14H19FN2O3. The van der Waals surface area contributed by atoms with E-state index in [1.165, 1.54) is 12.1 Å². The van der Waals surface area contributed by atoms with Gasteiger partial charge in [0.05, 0.1) is 6.20 Å². The van der Waals surface area contributed by atoms with E-state index in [9.17, 15) is 14.0 Å². The largest absolute Gasteiger partial charge is 0.481 e. The Morgan fingerprint density at radius 1 is 1.40 bits per heavy atom. The van der Waals surface area contributed by atoms with Crippen molar-refractivity contribution in [2.24, 2.45) is 5.92 Å². The molecule has 0 fully saturated rings. The van der Waals surface area contributed by atoms with Crippen LogP contribution in [-0.2, 0) is 4.79 Å². The van der Waals surface area contributed by atoms with Crippen LogP contribution in [0.15, 0.2) is 18.3 Å². The van der Waals surface area contributed by atoms with Gasteiger partial charge in [-0.15, -0.1) is 0 Å². The standard InChI is InChI=1S/C14H19FN2O3/c1-2-10(3-6-13(18)19)7-8-16-14(20)12-5-4-11(15)9-17-12/h4-5,9-10H,2-3,6-8H2,1H3,(H,16,20)(H,18,19). The Balaban J connectivity index is 2.33. The van der Waals surface area contributed by atoms with Crippen LogP contribution >= 0.6 is 0 Å². The molecule has 6 heteroatoms. The number of amides is 1. The molecule has 1 rings (SSSR count). The van der Waals surface area contributed by atoms with E-state index in [0.717, 1.165) is 19.0 Å². The quantitative estimate of drug-likeness (QED) is 0.766. The van der Waals surface area contributed by atoms with Crippen LogP contribution < -0.4 is 5.32 Å². The van der Waals surface area contributed by atoms with Crippen molar-refractivity contribution < 1.29 is 19.1 Å². The number of nitrogens with zero attached hydrogens (tertiary/aromatic N) is 1. The van der Waals surface area contributed by atoms with E-state index in [2.05, 4.69) is 10.3 Å². The van der Waals surface area contributed by atoms with E-state index in [0.29, 0.717) is 13.0 Å². The molecule has 0 aliphatic heterocycles. The van der Waals surface area contributed by atoms with Crippen molar-refractivity contribution in [2.45, 2.75) is 32.6 Å². The summed E-state index contributed by atoms with van der Waals surface area (Å²) in [5, 5.41) is 11.3. The lowest BCUT2D eigenvalue weighted by molar-refractivity contribution is -0.137. The molecule has 0 saturated heterocycles. The summed E-state index contributed by atoms with van der Waals surface area (Å²) in [5.41, 5.74) is 0.171. The van der Waals surface area contributed by atoms with E-state index in [-0.39, 0.29) is 23.9 Å². The average Bonchev–Trinajstić information content (AvgIpc) is 2.42. The first kappa shape index (κ1) is 16.1. The summed E-state index contributed by atoms with van der Waals surface area (Å²) in [5.74, 6) is -1.37. The van der Waals surface area contributed by atoms with Gasteiger partial charge in [0.25, 0.3) is 5.91 Å². The molecule has 1 amide bonds. The number of aromatic nitrogens is 1. The summed E-state index contributed by atoms with van der Waals surface area (Å²) >= 11 is 0. The van der Waals surface area contributed by atoms with Crippen molar-refractivity contribution in [1.82, 2.24) is 10.3 Å². The van der Waals surface area contributed by atoms with Crippen LogP contribution in [0.1, 0.15) is 43.1 Å². The molecule has 110 valence electrons. The van der Waals surface area contributed by atoms with Crippen LogP contribution in [-0.4, -0.2) is 28.5 Å². The van der Waals surface area contributed by atoms with Crippen molar-refractivity contribution in [1.29, 1.82) is 0 Å². The summed E-state index contributed by atoms with van der Waals surface area (Å²) in [7, 11) is 0. The van der Waals surface area contributed by atoms with Gasteiger partial charge in [-0.3, -0.25) is 9.59 Å². The number of nitrogens with one attached hydrogen (secondary N) is 1. The van der Waals surface area contributed by atoms with Crippen LogP contribution in [0.5, 0.6) is 0 Å². The molecule has 1 aromatic heterocycles. The van der Waals surface area contributed by atoms with Gasteiger partial charge in [0, 0.05) is 13.0 Å². The van der Waals surface area contributed by atoms with E-state index in [1.807, 2.05) is 6.92 Å². The zero-order valence-electron chi connectivity index (χ0n) is 11.4. The molecule has 0 aliphatic rings. The molecule has 0 bridgehead atoms. The zero-order valence-corrected chi connectivity index (χ0v) is 11.4. The number of halogens is 1. The van der Waals surface area contributed by atoms with Crippen LogP contribution in [0, 0.1) is 11.7 Å². The van der Waals surface area contributed by atoms with Gasteiger partial charge in [-0.2, -0.15) is 0 Å². The molecule has 0 aliphatic carbocycles. The highest BCUT2D eigenvalue weighted by molar-refractivity contribution is 5.92. The number of aliphatic carboxylic acids is 1. The van der Waals surface area contributed by atoms with Gasteiger partial charge in [0.2, 0.25) is 0 Å². The normalized spacial score (nSPS) is 11.9. The maximum atomic E-state index is 12.7. The Bertz CT molecular complexity index is 448. The van der Waals surface area contributed by atoms with E-state index in [1.54, 1.807) is 0 Å². The molecule has 20 heavy (non-hydrogen) atoms. The molecule has 0 radical (unpaired) electrons. The summed E-state index contributed by atoms with van der Waals surface area (Å²) in [6, 6.07) is 2.51. The minimum absolute atomic E-state index is 0.145. The van der Waals surface area contributed by atoms with E-state index in [4.69, 9.17) is 5.11 Å². The van der Waals surface area contributed by atoms with Crippen LogP contribution in [0.3, 0.4) is 0 Å². The van der Waals surface area contributed by atoms with Crippen molar-refractivity contribution in [3.8, 4) is 0 Å². The molecule has 0 saturated carbocycles. The third-order valence-electron chi connectivity index (χ3n) is 3.14. The highest BCUT2D eigenvalue weighted by Crippen LogP contribution is 2.14. The summed E-state index contributed by atoms with van der Waals surface area (Å²) < 4.78 is 12.7. The Hall–Kier alpha value is -1.98. The predicted octanol–water partition coefficient (Wildman–Crippen LogP) is 2.23. The monoisotopic (exact) mass is 282 g/mol. The lowest BCUT2D eigenvalue weighted by Gasteiger charge is -2.13. The number of carboxylic acids is 1. The van der Waals surface area contributed by atoms with Crippen molar-refractivity contribution in [2.75, 3.05) is 6.54 Å². The fourth-order valence-electron chi connectivity index (χ4n) is 1.87. The maximum Gasteiger partial charge on any atom is 0.303 e. The molecule has 1 atom stereocenters. The van der Waals surface area contributed by atoms with Gasteiger partial charge < -0.3 is 10.4 Å². The van der Waals surface area contributed by atoms with Gasteiger partial charge in [0.15, 0.2) is 0 Å². The highest BCUT2D eigenvalue weighted by Gasteiger charge is 2.11. The number of carboxylic acid groups (broad SMARTS) is 1. The fourth-order valence-corrected chi connectivity index (χ4v) is 1.87. The van der Waals surface area contributed by atoms with E-state index < -0.39 is 11.8 Å². The summed E-state index contributed by atoms with van der Waals surface area (Å²) in [6.07, 6.45) is 3.34. The first-order valence-corrected chi connectivity index (χ1v) is 6.64. The van der Waals surface area contributed by atoms with Crippen LogP contribution in [0.2, 0.25) is 0 Å². The first-order chi connectivity index (χ1) is 9.52. The Labute approximate surface area is 117 Å². The number of pyridine rings is 1. The number of carbonyl (C=O) groups is 2. The van der Waals surface area contributed by atoms with Gasteiger partial charge in [-0.25, -0.2) is 9.37 Å². The van der Waals surface area contributed by atoms with Crippen molar-refractivity contribution in [3.05, 3.63) is 29.8 Å². The predicted molar refractivity (Wildman–Crippen MR) is 71.8 cm³/mol. The van der Waals surface area contributed by atoms with Crippen LogP contribution in [0.4, 0.5) is 4.39 Å². The van der Waals surface area contributed by atoms with Gasteiger partial charge in [-0.1, -0.05) is 13.3 Å². The summed E-state index contributed by atoms with van der Waals surface area (Å²) in [4.78, 5) is 25.9. The first-order valence-electron chi connectivity index (χ1n) is 6.64. The lowest BCUT2D eigenvalue weighted by atomic mass is 9.96. The second-order valence-corrected chi connectivity index (χ2v) is 4.61. The smallest absolute Gasteiger partial charge is 0.303 e. The molecular weight excluding hydrogens is 263 g/mol. The van der Waals surface area contributed by atoms with Gasteiger partial charge in [-0.05, 0) is 30.9 Å².